The Morgan fingerprint density at radius 1 is 1.41 bits per heavy atom. The number of hydrogen-bond acceptors (Lipinski definition) is 4. The maximum absolute atomic E-state index is 10.1. The number of phenolic OH excluding ortho intramolecular Hbond substituents is 1. The molecule has 0 saturated carbocycles. The number of aliphatic hydroxyl groups is 1. The summed E-state index contributed by atoms with van der Waals surface area (Å²) in [7, 11) is 2.03. The highest BCUT2D eigenvalue weighted by Gasteiger charge is 2.25. The molecule has 1 fully saturated rings. The van der Waals surface area contributed by atoms with E-state index in [0.717, 1.165) is 18.7 Å². The molecule has 4 heteroatoms. The van der Waals surface area contributed by atoms with E-state index in [1.54, 1.807) is 12.1 Å². The molecule has 0 radical (unpaired) electrons. The van der Waals surface area contributed by atoms with Crippen LogP contribution in [0.25, 0.3) is 0 Å². The van der Waals surface area contributed by atoms with E-state index in [-0.39, 0.29) is 11.9 Å². The lowest BCUT2D eigenvalue weighted by Crippen LogP contribution is -2.46. The van der Waals surface area contributed by atoms with Crippen molar-refractivity contribution in [2.45, 2.75) is 18.6 Å². The fourth-order valence-electron chi connectivity index (χ4n) is 2.05. The molecule has 1 aromatic carbocycles. The Labute approximate surface area is 101 Å². The highest BCUT2D eigenvalue weighted by Crippen LogP contribution is 2.15. The van der Waals surface area contributed by atoms with Crippen LogP contribution in [0.1, 0.15) is 5.56 Å². The van der Waals surface area contributed by atoms with Gasteiger partial charge in [-0.05, 0) is 24.7 Å². The molecule has 1 aliphatic heterocycles. The van der Waals surface area contributed by atoms with Crippen LogP contribution >= 0.6 is 0 Å². The summed E-state index contributed by atoms with van der Waals surface area (Å²) >= 11 is 0. The van der Waals surface area contributed by atoms with E-state index in [1.807, 2.05) is 19.2 Å². The van der Waals surface area contributed by atoms with Crippen LogP contribution in [-0.4, -0.2) is 54.1 Å². The van der Waals surface area contributed by atoms with Crippen LogP contribution in [0, 0.1) is 0 Å². The zero-order chi connectivity index (χ0) is 12.3. The van der Waals surface area contributed by atoms with Crippen LogP contribution in [0.3, 0.4) is 0 Å². The van der Waals surface area contributed by atoms with E-state index in [1.165, 1.54) is 0 Å². The highest BCUT2D eigenvalue weighted by atomic mass is 16.5. The molecule has 1 heterocycles. The number of aliphatic hydroxyl groups excluding tert-OH is 1. The average Bonchev–Trinajstić information content (AvgIpc) is 2.32. The second-order valence-electron chi connectivity index (χ2n) is 4.61. The molecule has 2 rings (SSSR count). The number of nitrogens with zero attached hydrogens (tertiary/aromatic N) is 1. The van der Waals surface area contributed by atoms with E-state index in [4.69, 9.17) is 4.74 Å². The second-order valence-corrected chi connectivity index (χ2v) is 4.61. The minimum absolute atomic E-state index is 0.123. The molecule has 0 aromatic heterocycles. The number of ether oxygens (including phenoxy) is 1. The number of hydrogen-bond donors (Lipinski definition) is 2. The Bertz CT molecular complexity index is 352. The van der Waals surface area contributed by atoms with Gasteiger partial charge in [-0.15, -0.1) is 0 Å². The second kappa shape index (κ2) is 5.49. The molecule has 94 valence electrons. The highest BCUT2D eigenvalue weighted by molar-refractivity contribution is 5.26. The number of aromatic hydroxyl groups is 1. The zero-order valence-corrected chi connectivity index (χ0v) is 10.0. The van der Waals surface area contributed by atoms with E-state index < -0.39 is 6.10 Å². The van der Waals surface area contributed by atoms with Crippen molar-refractivity contribution >= 4 is 0 Å². The van der Waals surface area contributed by atoms with Crippen LogP contribution < -0.4 is 0 Å². The molecule has 1 aromatic rings. The summed E-state index contributed by atoms with van der Waals surface area (Å²) in [5.41, 5.74) is 1.01. The maximum atomic E-state index is 10.1. The molecular formula is C13H19NO3. The molecule has 0 bridgehead atoms. The third-order valence-corrected chi connectivity index (χ3v) is 3.11. The molecule has 0 amide bonds. The fraction of sp³-hybridized carbons (Fsp3) is 0.538. The van der Waals surface area contributed by atoms with Crippen LogP contribution in [0.15, 0.2) is 24.3 Å². The van der Waals surface area contributed by atoms with Crippen LogP contribution in [0.4, 0.5) is 0 Å². The lowest BCUT2D eigenvalue weighted by Gasteiger charge is -2.33. The minimum Gasteiger partial charge on any atom is -0.508 e. The Kier molecular flexibility index (Phi) is 3.99. The van der Waals surface area contributed by atoms with Gasteiger partial charge in [0, 0.05) is 19.5 Å². The van der Waals surface area contributed by atoms with Crippen molar-refractivity contribution in [1.82, 2.24) is 4.90 Å². The molecule has 1 aliphatic rings. The smallest absolute Gasteiger partial charge is 0.115 e. The van der Waals surface area contributed by atoms with Gasteiger partial charge in [0.1, 0.15) is 5.75 Å². The van der Waals surface area contributed by atoms with Gasteiger partial charge < -0.3 is 19.8 Å². The van der Waals surface area contributed by atoms with Gasteiger partial charge >= 0.3 is 0 Å². The quantitative estimate of drug-likeness (QED) is 0.809. The van der Waals surface area contributed by atoms with Gasteiger partial charge in [0.2, 0.25) is 0 Å². The third kappa shape index (κ3) is 3.43. The van der Waals surface area contributed by atoms with Gasteiger partial charge in [0.25, 0.3) is 0 Å². The van der Waals surface area contributed by atoms with Gasteiger partial charge in [-0.25, -0.2) is 0 Å². The Hall–Kier alpha value is -1.10. The van der Waals surface area contributed by atoms with Gasteiger partial charge in [-0.2, -0.15) is 0 Å². The Morgan fingerprint density at radius 3 is 2.76 bits per heavy atom. The normalized spacial score (nSPS) is 23.5. The first-order valence-electron chi connectivity index (χ1n) is 5.91. The average molecular weight is 237 g/mol. The zero-order valence-electron chi connectivity index (χ0n) is 10.0. The predicted octanol–water partition coefficient (Wildman–Crippen LogP) is 0.626. The van der Waals surface area contributed by atoms with Crippen molar-refractivity contribution in [1.29, 1.82) is 0 Å². The van der Waals surface area contributed by atoms with Crippen LogP contribution in [0.2, 0.25) is 0 Å². The molecule has 2 unspecified atom stereocenters. The lowest BCUT2D eigenvalue weighted by atomic mass is 10.0. The van der Waals surface area contributed by atoms with Crippen molar-refractivity contribution in [2.75, 3.05) is 26.7 Å². The molecule has 0 spiro atoms. The van der Waals surface area contributed by atoms with Crippen molar-refractivity contribution in [3.05, 3.63) is 29.8 Å². The first kappa shape index (κ1) is 12.4. The van der Waals surface area contributed by atoms with Gasteiger partial charge in [0.15, 0.2) is 0 Å². The molecule has 17 heavy (non-hydrogen) atoms. The lowest BCUT2D eigenvalue weighted by molar-refractivity contribution is -0.0823. The first-order chi connectivity index (χ1) is 8.15. The summed E-state index contributed by atoms with van der Waals surface area (Å²) in [6, 6.07) is 6.92. The summed E-state index contributed by atoms with van der Waals surface area (Å²) in [5, 5.41) is 19.3. The van der Waals surface area contributed by atoms with Crippen molar-refractivity contribution in [2.24, 2.45) is 0 Å². The van der Waals surface area contributed by atoms with E-state index in [9.17, 15) is 10.2 Å². The van der Waals surface area contributed by atoms with E-state index in [0.29, 0.717) is 13.0 Å². The van der Waals surface area contributed by atoms with E-state index in [2.05, 4.69) is 4.90 Å². The summed E-state index contributed by atoms with van der Waals surface area (Å²) in [4.78, 5) is 2.16. The number of benzene rings is 1. The number of rotatable bonds is 3. The van der Waals surface area contributed by atoms with E-state index >= 15 is 0 Å². The number of phenols is 1. The number of likely N-dealkylation sites (N-methyl/N-ethyl adjacent to an activating group) is 1. The Balaban J connectivity index is 1.91. The SMILES string of the molecule is CN1CCOC(C(O)Cc2ccc(O)cc2)C1. The standard InChI is InChI=1S/C13H19NO3/c1-14-6-7-17-13(9-14)12(16)8-10-2-4-11(15)5-3-10/h2-5,12-13,15-16H,6-9H2,1H3. The Morgan fingerprint density at radius 2 is 2.12 bits per heavy atom. The molecule has 2 atom stereocenters. The molecule has 4 nitrogen and oxygen atoms in total. The monoisotopic (exact) mass is 237 g/mol. The van der Waals surface area contributed by atoms with Gasteiger partial charge in [0.05, 0.1) is 18.8 Å². The first-order valence-corrected chi connectivity index (χ1v) is 5.91. The van der Waals surface area contributed by atoms with Crippen molar-refractivity contribution < 1.29 is 14.9 Å². The molecule has 1 saturated heterocycles. The summed E-state index contributed by atoms with van der Waals surface area (Å²) in [6.07, 6.45) is -0.0662. The maximum Gasteiger partial charge on any atom is 0.115 e. The topological polar surface area (TPSA) is 52.9 Å². The summed E-state index contributed by atoms with van der Waals surface area (Å²) in [5.74, 6) is 0.247. The summed E-state index contributed by atoms with van der Waals surface area (Å²) < 4.78 is 5.57. The van der Waals surface area contributed by atoms with Crippen LogP contribution in [0.5, 0.6) is 5.75 Å². The third-order valence-electron chi connectivity index (χ3n) is 3.11. The largest absolute Gasteiger partial charge is 0.508 e. The molecule has 0 aliphatic carbocycles. The van der Waals surface area contributed by atoms with Gasteiger partial charge in [-0.1, -0.05) is 12.1 Å². The molecule has 2 N–H and O–H groups in total. The van der Waals surface area contributed by atoms with Crippen LogP contribution in [-0.2, 0) is 11.2 Å². The molecular weight excluding hydrogens is 218 g/mol. The number of morpholine rings is 1. The van der Waals surface area contributed by atoms with Gasteiger partial charge in [-0.3, -0.25) is 0 Å². The van der Waals surface area contributed by atoms with Crippen molar-refractivity contribution in [3.8, 4) is 5.75 Å². The fourth-order valence-corrected chi connectivity index (χ4v) is 2.05. The van der Waals surface area contributed by atoms with Crippen molar-refractivity contribution in [3.63, 3.8) is 0 Å². The minimum atomic E-state index is -0.498. The summed E-state index contributed by atoms with van der Waals surface area (Å²) in [6.45, 7) is 2.36. The predicted molar refractivity (Wildman–Crippen MR) is 65.1 cm³/mol.